The lowest BCUT2D eigenvalue weighted by molar-refractivity contribution is -0.147. The second kappa shape index (κ2) is 8.87. The Morgan fingerprint density at radius 3 is 2.28 bits per heavy atom. The molecule has 2 heterocycles. The number of rotatable bonds is 7. The van der Waals surface area contributed by atoms with Gasteiger partial charge in [-0.2, -0.15) is 0 Å². The highest BCUT2D eigenvalue weighted by atomic mass is 16.5. The number of likely N-dealkylation sites (tertiary alicyclic amines) is 1. The molecule has 5 heteroatoms. The number of hydrogen-bond donors (Lipinski definition) is 1. The number of amides is 1. The summed E-state index contributed by atoms with van der Waals surface area (Å²) in [5.74, 6) is 2.51. The third-order valence-electron chi connectivity index (χ3n) is 6.21. The molecule has 29 heavy (non-hydrogen) atoms. The maximum atomic E-state index is 13.3. The van der Waals surface area contributed by atoms with E-state index in [1.54, 1.807) is 7.11 Å². The molecule has 5 nitrogen and oxygen atoms in total. The lowest BCUT2D eigenvalue weighted by atomic mass is 9.74. The second-order valence-corrected chi connectivity index (χ2v) is 8.27. The molecule has 2 aromatic rings. The van der Waals surface area contributed by atoms with Gasteiger partial charge < -0.3 is 19.7 Å². The van der Waals surface area contributed by atoms with Gasteiger partial charge in [-0.15, -0.1) is 0 Å². The van der Waals surface area contributed by atoms with Crippen molar-refractivity contribution in [3.05, 3.63) is 60.2 Å². The van der Waals surface area contributed by atoms with Gasteiger partial charge in [-0.05, 0) is 55.0 Å². The molecule has 0 unspecified atom stereocenters. The van der Waals surface area contributed by atoms with Crippen LogP contribution in [0.2, 0.25) is 0 Å². The van der Waals surface area contributed by atoms with E-state index in [1.807, 2.05) is 42.5 Å². The van der Waals surface area contributed by atoms with Gasteiger partial charge in [0.05, 0.1) is 19.1 Å². The molecule has 2 fully saturated rings. The van der Waals surface area contributed by atoms with Crippen LogP contribution in [0, 0.1) is 11.3 Å². The molecule has 1 N–H and O–H groups in total. The quantitative estimate of drug-likeness (QED) is 0.784. The van der Waals surface area contributed by atoms with Crippen molar-refractivity contribution in [2.45, 2.75) is 19.3 Å². The first-order chi connectivity index (χ1) is 14.2. The summed E-state index contributed by atoms with van der Waals surface area (Å²) in [5.41, 5.74) is 0.971. The summed E-state index contributed by atoms with van der Waals surface area (Å²) in [6.07, 6.45) is 2.81. The van der Waals surface area contributed by atoms with Crippen LogP contribution < -0.4 is 14.8 Å². The molecule has 2 aliphatic heterocycles. The highest BCUT2D eigenvalue weighted by molar-refractivity contribution is 5.85. The van der Waals surface area contributed by atoms with Crippen LogP contribution in [0.25, 0.3) is 0 Å². The van der Waals surface area contributed by atoms with Crippen LogP contribution in [0.3, 0.4) is 0 Å². The Balaban J connectivity index is 1.27. The van der Waals surface area contributed by atoms with Crippen molar-refractivity contribution in [3.8, 4) is 11.5 Å². The summed E-state index contributed by atoms with van der Waals surface area (Å²) in [6.45, 7) is 3.91. The number of carbonyl (C=O) groups excluding carboxylic acids is 1. The first-order valence-electron chi connectivity index (χ1n) is 10.5. The number of benzene rings is 2. The third-order valence-corrected chi connectivity index (χ3v) is 6.21. The van der Waals surface area contributed by atoms with Crippen molar-refractivity contribution >= 4 is 5.91 Å². The summed E-state index contributed by atoms with van der Waals surface area (Å²) in [6, 6.07) is 18.1. The van der Waals surface area contributed by atoms with Gasteiger partial charge in [0.2, 0.25) is 5.91 Å². The van der Waals surface area contributed by atoms with Gasteiger partial charge in [-0.25, -0.2) is 0 Å². The Bertz CT molecular complexity index is 795. The van der Waals surface area contributed by atoms with Crippen molar-refractivity contribution in [1.82, 2.24) is 10.2 Å². The van der Waals surface area contributed by atoms with E-state index in [4.69, 9.17) is 9.47 Å². The van der Waals surface area contributed by atoms with Crippen LogP contribution in [0.15, 0.2) is 54.6 Å². The Labute approximate surface area is 173 Å². The smallest absolute Gasteiger partial charge is 0.231 e. The minimum atomic E-state index is -0.270. The summed E-state index contributed by atoms with van der Waals surface area (Å²) in [7, 11) is 1.66. The average Bonchev–Trinajstić information content (AvgIpc) is 2.76. The SMILES string of the molecule is COc1ccc(OCC2CCN(C(=O)C3(Cc4ccccc4)CNC3)CC2)cc1. The zero-order valence-corrected chi connectivity index (χ0v) is 17.1. The lowest BCUT2D eigenvalue weighted by Gasteiger charge is -2.46. The van der Waals surface area contributed by atoms with Crippen molar-refractivity contribution < 1.29 is 14.3 Å². The van der Waals surface area contributed by atoms with E-state index in [0.29, 0.717) is 18.4 Å². The fourth-order valence-electron chi connectivity index (χ4n) is 4.29. The van der Waals surface area contributed by atoms with Gasteiger partial charge in [0, 0.05) is 26.2 Å². The molecular formula is C24H30N2O3. The normalized spacial score (nSPS) is 18.7. The van der Waals surface area contributed by atoms with Crippen LogP contribution in [0.5, 0.6) is 11.5 Å². The molecule has 0 aliphatic carbocycles. The molecule has 0 saturated carbocycles. The molecule has 0 atom stereocenters. The Hall–Kier alpha value is -2.53. The maximum absolute atomic E-state index is 13.3. The van der Waals surface area contributed by atoms with Crippen molar-refractivity contribution in [1.29, 1.82) is 0 Å². The fraction of sp³-hybridized carbons (Fsp3) is 0.458. The summed E-state index contributed by atoms with van der Waals surface area (Å²) >= 11 is 0. The minimum Gasteiger partial charge on any atom is -0.497 e. The molecular weight excluding hydrogens is 364 g/mol. The Morgan fingerprint density at radius 1 is 1.03 bits per heavy atom. The zero-order valence-electron chi connectivity index (χ0n) is 17.1. The van der Waals surface area contributed by atoms with Crippen LogP contribution in [0.4, 0.5) is 0 Å². The first-order valence-corrected chi connectivity index (χ1v) is 10.5. The minimum absolute atomic E-state index is 0.270. The monoisotopic (exact) mass is 394 g/mol. The molecule has 154 valence electrons. The predicted octanol–water partition coefficient (Wildman–Crippen LogP) is 3.14. The lowest BCUT2D eigenvalue weighted by Crippen LogP contribution is -2.63. The molecule has 0 aromatic heterocycles. The number of hydrogen-bond acceptors (Lipinski definition) is 4. The van der Waals surface area contributed by atoms with Gasteiger partial charge in [-0.1, -0.05) is 30.3 Å². The van der Waals surface area contributed by atoms with E-state index in [1.165, 1.54) is 5.56 Å². The number of nitrogens with zero attached hydrogens (tertiary/aromatic N) is 1. The molecule has 0 bridgehead atoms. The van der Waals surface area contributed by atoms with Crippen LogP contribution in [-0.2, 0) is 11.2 Å². The molecule has 2 saturated heterocycles. The number of methoxy groups -OCH3 is 1. The summed E-state index contributed by atoms with van der Waals surface area (Å²) in [4.78, 5) is 15.4. The maximum Gasteiger partial charge on any atom is 0.231 e. The number of ether oxygens (including phenoxy) is 2. The molecule has 2 aliphatic rings. The number of piperidine rings is 1. The van der Waals surface area contributed by atoms with E-state index in [9.17, 15) is 4.79 Å². The largest absolute Gasteiger partial charge is 0.497 e. The summed E-state index contributed by atoms with van der Waals surface area (Å²) in [5, 5.41) is 3.32. The molecule has 1 amide bonds. The summed E-state index contributed by atoms with van der Waals surface area (Å²) < 4.78 is 11.1. The molecule has 4 rings (SSSR count). The van der Waals surface area contributed by atoms with Gasteiger partial charge in [-0.3, -0.25) is 4.79 Å². The van der Waals surface area contributed by atoms with Crippen molar-refractivity contribution in [2.75, 3.05) is 39.9 Å². The van der Waals surface area contributed by atoms with E-state index >= 15 is 0 Å². The van der Waals surface area contributed by atoms with Gasteiger partial charge in [0.15, 0.2) is 0 Å². The van der Waals surface area contributed by atoms with E-state index in [2.05, 4.69) is 22.3 Å². The molecule has 0 spiro atoms. The average molecular weight is 395 g/mol. The Kier molecular flexibility index (Phi) is 6.05. The third kappa shape index (κ3) is 4.56. The van der Waals surface area contributed by atoms with E-state index in [0.717, 1.165) is 56.9 Å². The molecule has 2 aromatic carbocycles. The molecule has 0 radical (unpaired) electrons. The standard InChI is InChI=1S/C24H30N2O3/c1-28-21-7-9-22(10-8-21)29-16-20-11-13-26(14-12-20)23(27)24(17-25-18-24)15-19-5-3-2-4-6-19/h2-10,20,25H,11-18H2,1H3. The van der Waals surface area contributed by atoms with Crippen LogP contribution >= 0.6 is 0 Å². The number of carbonyl (C=O) groups is 1. The highest BCUT2D eigenvalue weighted by Crippen LogP contribution is 2.32. The van der Waals surface area contributed by atoms with Crippen LogP contribution in [-0.4, -0.2) is 50.7 Å². The Morgan fingerprint density at radius 2 is 1.69 bits per heavy atom. The zero-order chi connectivity index (χ0) is 20.1. The predicted molar refractivity (Wildman–Crippen MR) is 113 cm³/mol. The van der Waals surface area contributed by atoms with Gasteiger partial charge in [0.25, 0.3) is 0 Å². The van der Waals surface area contributed by atoms with Gasteiger partial charge >= 0.3 is 0 Å². The highest BCUT2D eigenvalue weighted by Gasteiger charge is 2.46. The van der Waals surface area contributed by atoms with Gasteiger partial charge in [0.1, 0.15) is 11.5 Å². The second-order valence-electron chi connectivity index (χ2n) is 8.27. The topological polar surface area (TPSA) is 50.8 Å². The fourth-order valence-corrected chi connectivity index (χ4v) is 4.29. The number of nitrogens with one attached hydrogen (secondary N) is 1. The van der Waals surface area contributed by atoms with Crippen molar-refractivity contribution in [2.24, 2.45) is 11.3 Å². The van der Waals surface area contributed by atoms with Crippen LogP contribution in [0.1, 0.15) is 18.4 Å². The van der Waals surface area contributed by atoms with Crippen molar-refractivity contribution in [3.63, 3.8) is 0 Å². The first kappa shape index (κ1) is 19.8. The van der Waals surface area contributed by atoms with E-state index in [-0.39, 0.29) is 5.41 Å². The van der Waals surface area contributed by atoms with E-state index < -0.39 is 0 Å².